The maximum absolute atomic E-state index is 13.9. The highest BCUT2D eigenvalue weighted by molar-refractivity contribution is 6.16. The van der Waals surface area contributed by atoms with E-state index in [2.05, 4.69) is 11.9 Å². The lowest BCUT2D eigenvalue weighted by Crippen LogP contribution is -2.56. The SMILES string of the molecule is C=C(C(C)=O)[C@@]1(NC(=O)OC(C)(C)C)C(=O)N(Cc2ccccc2)c2cc(C)ccc21. The minimum Gasteiger partial charge on any atom is -0.444 e. The summed E-state index contributed by atoms with van der Waals surface area (Å²) >= 11 is 0. The number of carbonyl (C=O) groups is 3. The van der Waals surface area contributed by atoms with Gasteiger partial charge in [0.05, 0.1) is 12.2 Å². The van der Waals surface area contributed by atoms with E-state index in [0.29, 0.717) is 17.8 Å². The summed E-state index contributed by atoms with van der Waals surface area (Å²) in [6.45, 7) is 12.6. The summed E-state index contributed by atoms with van der Waals surface area (Å²) in [7, 11) is 0. The van der Waals surface area contributed by atoms with Gasteiger partial charge in [0.25, 0.3) is 5.91 Å². The van der Waals surface area contributed by atoms with Crippen LogP contribution in [-0.2, 0) is 26.4 Å². The van der Waals surface area contributed by atoms with Crippen LogP contribution < -0.4 is 10.2 Å². The van der Waals surface area contributed by atoms with E-state index in [1.165, 1.54) is 6.92 Å². The highest BCUT2D eigenvalue weighted by Crippen LogP contribution is 2.45. The molecule has 1 N–H and O–H groups in total. The largest absolute Gasteiger partial charge is 0.444 e. The number of Topliss-reactive ketones (excluding diaryl/α,β-unsaturated/α-hetero) is 1. The van der Waals surface area contributed by atoms with Gasteiger partial charge in [-0.3, -0.25) is 14.9 Å². The van der Waals surface area contributed by atoms with Crippen molar-refractivity contribution in [2.75, 3.05) is 4.90 Å². The number of anilines is 1. The molecule has 31 heavy (non-hydrogen) atoms. The number of aryl methyl sites for hydroxylation is 1. The summed E-state index contributed by atoms with van der Waals surface area (Å²) in [5.74, 6) is -0.833. The van der Waals surface area contributed by atoms with Gasteiger partial charge < -0.3 is 9.64 Å². The molecule has 0 saturated heterocycles. The zero-order valence-electron chi connectivity index (χ0n) is 18.6. The topological polar surface area (TPSA) is 75.7 Å². The molecule has 6 heteroatoms. The molecule has 0 bridgehead atoms. The summed E-state index contributed by atoms with van der Waals surface area (Å²) < 4.78 is 5.42. The molecule has 0 fully saturated rings. The maximum atomic E-state index is 13.9. The van der Waals surface area contributed by atoms with Crippen LogP contribution in [-0.4, -0.2) is 23.4 Å². The van der Waals surface area contributed by atoms with Crippen LogP contribution in [0.4, 0.5) is 10.5 Å². The average Bonchev–Trinajstić information content (AvgIpc) is 2.89. The molecule has 0 saturated carbocycles. The van der Waals surface area contributed by atoms with Gasteiger partial charge in [0.15, 0.2) is 11.3 Å². The summed E-state index contributed by atoms with van der Waals surface area (Å²) in [4.78, 5) is 40.7. The molecule has 2 aromatic carbocycles. The van der Waals surface area contributed by atoms with E-state index in [9.17, 15) is 14.4 Å². The molecule has 0 aliphatic carbocycles. The van der Waals surface area contributed by atoms with E-state index in [1.54, 1.807) is 31.7 Å². The Morgan fingerprint density at radius 1 is 1.13 bits per heavy atom. The highest BCUT2D eigenvalue weighted by Gasteiger charge is 2.55. The summed E-state index contributed by atoms with van der Waals surface area (Å²) in [5.41, 5.74) is 0.494. The van der Waals surface area contributed by atoms with Crippen LogP contribution in [0.3, 0.4) is 0 Å². The van der Waals surface area contributed by atoms with Crippen LogP contribution in [0, 0.1) is 6.92 Å². The van der Waals surface area contributed by atoms with Gasteiger partial charge in [0, 0.05) is 11.1 Å². The van der Waals surface area contributed by atoms with Crippen LogP contribution in [0.5, 0.6) is 0 Å². The first kappa shape index (κ1) is 22.3. The van der Waals surface area contributed by atoms with Crippen LogP contribution in [0.2, 0.25) is 0 Å². The van der Waals surface area contributed by atoms with Crippen LogP contribution in [0.25, 0.3) is 0 Å². The molecule has 0 radical (unpaired) electrons. The second-order valence-electron chi connectivity index (χ2n) is 8.81. The van der Waals surface area contributed by atoms with E-state index in [4.69, 9.17) is 4.74 Å². The fourth-order valence-electron chi connectivity index (χ4n) is 3.74. The number of ether oxygens (including phenoxy) is 1. The Morgan fingerprint density at radius 3 is 2.35 bits per heavy atom. The fraction of sp³-hybridized carbons (Fsp3) is 0.320. The van der Waals surface area contributed by atoms with Gasteiger partial charge >= 0.3 is 6.09 Å². The molecule has 1 aliphatic heterocycles. The number of alkyl carbamates (subject to hydrolysis) is 1. The van der Waals surface area contributed by atoms with Crippen LogP contribution in [0.1, 0.15) is 44.4 Å². The van der Waals surface area contributed by atoms with E-state index in [-0.39, 0.29) is 5.57 Å². The summed E-state index contributed by atoms with van der Waals surface area (Å²) in [6.07, 6.45) is -0.795. The number of nitrogens with one attached hydrogen (secondary N) is 1. The monoisotopic (exact) mass is 420 g/mol. The Hall–Kier alpha value is -3.41. The summed E-state index contributed by atoms with van der Waals surface area (Å²) in [5, 5.41) is 2.70. The molecule has 3 rings (SSSR count). The molecule has 6 nitrogen and oxygen atoms in total. The number of rotatable bonds is 5. The molecule has 0 aromatic heterocycles. The molecule has 1 aliphatic rings. The molecule has 1 heterocycles. The minimum absolute atomic E-state index is 0.0102. The van der Waals surface area contributed by atoms with Crippen molar-refractivity contribution < 1.29 is 19.1 Å². The van der Waals surface area contributed by atoms with Gasteiger partial charge in [-0.15, -0.1) is 0 Å². The van der Waals surface area contributed by atoms with Gasteiger partial charge in [-0.2, -0.15) is 0 Å². The standard InChI is InChI=1S/C25H28N2O4/c1-16-12-13-20-21(14-16)27(15-19-10-8-7-9-11-19)22(29)25(20,17(2)18(3)28)26-23(30)31-24(4,5)6/h7-14H,2,15H2,1,3-6H3,(H,26,30)/t25-/m0/s1. The molecule has 0 unspecified atom stereocenters. The molecule has 0 spiro atoms. The van der Waals surface area contributed by atoms with E-state index in [0.717, 1.165) is 11.1 Å². The van der Waals surface area contributed by atoms with E-state index in [1.807, 2.05) is 49.4 Å². The van der Waals surface area contributed by atoms with Crippen molar-refractivity contribution in [1.82, 2.24) is 5.32 Å². The second kappa shape index (κ2) is 8.02. The number of carbonyl (C=O) groups excluding carboxylic acids is 3. The third-order valence-corrected chi connectivity index (χ3v) is 5.16. The molecule has 2 amide bonds. The fourth-order valence-corrected chi connectivity index (χ4v) is 3.74. The Bertz CT molecular complexity index is 1050. The number of fused-ring (bicyclic) bond motifs is 1. The Labute approximate surface area is 182 Å². The minimum atomic E-state index is -1.73. The number of nitrogens with zero attached hydrogens (tertiary/aromatic N) is 1. The molecule has 162 valence electrons. The van der Waals surface area contributed by atoms with Crippen LogP contribution in [0.15, 0.2) is 60.7 Å². The lowest BCUT2D eigenvalue weighted by Gasteiger charge is -2.32. The third-order valence-electron chi connectivity index (χ3n) is 5.16. The first-order valence-corrected chi connectivity index (χ1v) is 10.1. The first-order chi connectivity index (χ1) is 14.5. The summed E-state index contributed by atoms with van der Waals surface area (Å²) in [6, 6.07) is 15.0. The van der Waals surface area contributed by atoms with Crippen molar-refractivity contribution in [2.45, 2.75) is 52.3 Å². The molecular weight excluding hydrogens is 392 g/mol. The van der Waals surface area contributed by atoms with E-state index >= 15 is 0 Å². The van der Waals surface area contributed by atoms with Crippen molar-refractivity contribution in [3.05, 3.63) is 77.4 Å². The normalized spacial score (nSPS) is 17.8. The zero-order chi connectivity index (χ0) is 23.0. The molecule has 1 atom stereocenters. The average molecular weight is 421 g/mol. The van der Waals surface area contributed by atoms with Gasteiger partial charge in [0.1, 0.15) is 5.60 Å². The van der Waals surface area contributed by atoms with Crippen molar-refractivity contribution in [2.24, 2.45) is 0 Å². The van der Waals surface area contributed by atoms with Crippen molar-refractivity contribution in [3.8, 4) is 0 Å². The predicted octanol–water partition coefficient (Wildman–Crippen LogP) is 4.41. The Morgan fingerprint density at radius 2 is 1.77 bits per heavy atom. The molecular formula is C25H28N2O4. The Balaban J connectivity index is 2.16. The quantitative estimate of drug-likeness (QED) is 0.727. The number of ketones is 1. The van der Waals surface area contributed by atoms with E-state index < -0.39 is 28.9 Å². The van der Waals surface area contributed by atoms with Gasteiger partial charge in [-0.1, -0.05) is 49.0 Å². The number of hydrogen-bond acceptors (Lipinski definition) is 4. The van der Waals surface area contributed by atoms with Crippen LogP contribution >= 0.6 is 0 Å². The third kappa shape index (κ3) is 4.24. The number of benzene rings is 2. The lowest BCUT2D eigenvalue weighted by molar-refractivity contribution is -0.125. The smallest absolute Gasteiger partial charge is 0.409 e. The maximum Gasteiger partial charge on any atom is 0.409 e. The zero-order valence-corrected chi connectivity index (χ0v) is 18.6. The predicted molar refractivity (Wildman–Crippen MR) is 120 cm³/mol. The second-order valence-corrected chi connectivity index (χ2v) is 8.81. The number of hydrogen-bond donors (Lipinski definition) is 1. The van der Waals surface area contributed by atoms with Gasteiger partial charge in [-0.05, 0) is 51.8 Å². The van der Waals surface area contributed by atoms with Crippen molar-refractivity contribution >= 4 is 23.5 Å². The number of amides is 2. The lowest BCUT2D eigenvalue weighted by atomic mass is 9.82. The molecule has 2 aromatic rings. The van der Waals surface area contributed by atoms with Gasteiger partial charge in [-0.25, -0.2) is 4.79 Å². The van der Waals surface area contributed by atoms with Crippen molar-refractivity contribution in [3.63, 3.8) is 0 Å². The first-order valence-electron chi connectivity index (χ1n) is 10.1. The Kier molecular flexibility index (Phi) is 5.77. The highest BCUT2D eigenvalue weighted by atomic mass is 16.6. The van der Waals surface area contributed by atoms with Gasteiger partial charge in [0.2, 0.25) is 0 Å². The van der Waals surface area contributed by atoms with Crippen molar-refractivity contribution in [1.29, 1.82) is 0 Å².